The van der Waals surface area contributed by atoms with Crippen LogP contribution >= 0.6 is 0 Å². The second kappa shape index (κ2) is 3.22. The van der Waals surface area contributed by atoms with E-state index in [9.17, 15) is 0 Å². The monoisotopic (exact) mass is 138 g/mol. The molecule has 1 rings (SSSR count). The third-order valence-electron chi connectivity index (χ3n) is 1.27. The number of benzene rings is 1. The Morgan fingerprint density at radius 1 is 1.40 bits per heavy atom. The maximum Gasteiger partial charge on any atom is 0.179 e. The highest BCUT2D eigenvalue weighted by atomic mass is 16.5. The van der Waals surface area contributed by atoms with Crippen LogP contribution in [0.5, 0.6) is 5.75 Å². The number of hydrogen-bond donors (Lipinski definition) is 1. The zero-order valence-electron chi connectivity index (χ0n) is 6.13. The van der Waals surface area contributed by atoms with Crippen molar-refractivity contribution in [2.24, 2.45) is 0 Å². The van der Waals surface area contributed by atoms with Crippen molar-refractivity contribution >= 4 is 5.69 Å². The first-order valence-electron chi connectivity index (χ1n) is 3.38. The Hall–Kier alpha value is -1.02. The summed E-state index contributed by atoms with van der Waals surface area (Å²) in [4.78, 5) is 0. The Labute approximate surface area is 60.6 Å². The number of ether oxygens (including phenoxy) is 1. The molecule has 0 radical (unpaired) electrons. The van der Waals surface area contributed by atoms with Gasteiger partial charge in [-0.05, 0) is 13.0 Å². The molecule has 0 amide bonds. The van der Waals surface area contributed by atoms with Crippen LogP contribution in [-0.2, 0) is 0 Å². The lowest BCUT2D eigenvalue weighted by Gasteiger charge is -2.01. The molecule has 0 aromatic heterocycles. The van der Waals surface area contributed by atoms with Crippen LogP contribution < -0.4 is 10.5 Å². The highest BCUT2D eigenvalue weighted by Crippen LogP contribution is 2.17. The van der Waals surface area contributed by atoms with Crippen LogP contribution in [0.15, 0.2) is 24.3 Å². The average molecular weight is 138 g/mol. The highest BCUT2D eigenvalue weighted by Gasteiger charge is 1.97. The summed E-state index contributed by atoms with van der Waals surface area (Å²) in [6.45, 7) is 2.67. The fraction of sp³-hybridized carbons (Fsp3) is 0.250. The van der Waals surface area contributed by atoms with Gasteiger partial charge in [0.15, 0.2) is 11.4 Å². The van der Waals surface area contributed by atoms with E-state index >= 15 is 0 Å². The van der Waals surface area contributed by atoms with Gasteiger partial charge in [-0.15, -0.1) is 0 Å². The molecule has 2 heteroatoms. The lowest BCUT2D eigenvalue weighted by atomic mass is 10.3. The van der Waals surface area contributed by atoms with Crippen molar-refractivity contribution in [1.29, 1.82) is 0 Å². The van der Waals surface area contributed by atoms with Gasteiger partial charge in [-0.25, -0.2) is 0 Å². The van der Waals surface area contributed by atoms with Crippen LogP contribution in [0.4, 0.5) is 5.69 Å². The Kier molecular flexibility index (Phi) is 2.29. The van der Waals surface area contributed by atoms with E-state index in [1.165, 1.54) is 0 Å². The zero-order chi connectivity index (χ0) is 7.40. The molecular weight excluding hydrogens is 126 g/mol. The maximum absolute atomic E-state index is 5.27. The molecule has 0 unspecified atom stereocenters. The molecule has 54 valence electrons. The van der Waals surface area contributed by atoms with Crippen LogP contribution in [0.2, 0.25) is 0 Å². The largest absolute Gasteiger partial charge is 0.488 e. The van der Waals surface area contributed by atoms with Crippen molar-refractivity contribution in [1.82, 2.24) is 0 Å². The van der Waals surface area contributed by atoms with Gasteiger partial charge < -0.3 is 10.5 Å². The summed E-state index contributed by atoms with van der Waals surface area (Å²) >= 11 is 0. The Bertz CT molecular complexity index is 210. The van der Waals surface area contributed by atoms with E-state index < -0.39 is 0 Å². The third kappa shape index (κ3) is 1.48. The second-order valence-corrected chi connectivity index (χ2v) is 2.04. The van der Waals surface area contributed by atoms with E-state index in [0.29, 0.717) is 6.61 Å². The molecule has 2 nitrogen and oxygen atoms in total. The van der Waals surface area contributed by atoms with E-state index in [1.54, 1.807) is 0 Å². The fourth-order valence-corrected chi connectivity index (χ4v) is 0.800. The smallest absolute Gasteiger partial charge is 0.179 e. The van der Waals surface area contributed by atoms with Crippen molar-refractivity contribution in [3.8, 4) is 5.75 Å². The quantitative estimate of drug-likeness (QED) is 0.649. The van der Waals surface area contributed by atoms with Crippen LogP contribution in [0.1, 0.15) is 6.92 Å². The van der Waals surface area contributed by atoms with Gasteiger partial charge in [0, 0.05) is 6.07 Å². The van der Waals surface area contributed by atoms with Gasteiger partial charge in [0.2, 0.25) is 0 Å². The highest BCUT2D eigenvalue weighted by molar-refractivity contribution is 5.43. The number of hydrogen-bond acceptors (Lipinski definition) is 1. The predicted octanol–water partition coefficient (Wildman–Crippen LogP) is 0.959. The summed E-state index contributed by atoms with van der Waals surface area (Å²) in [6, 6.07) is 7.75. The lowest BCUT2D eigenvalue weighted by molar-refractivity contribution is -0.256. The number of quaternary nitrogens is 1. The summed E-state index contributed by atoms with van der Waals surface area (Å²) in [6.07, 6.45) is 0. The molecule has 1 aromatic rings. The van der Waals surface area contributed by atoms with Gasteiger partial charge in [0.05, 0.1) is 6.61 Å². The molecule has 0 atom stereocenters. The fourth-order valence-electron chi connectivity index (χ4n) is 0.800. The van der Waals surface area contributed by atoms with E-state index in [0.717, 1.165) is 11.4 Å². The molecule has 0 fully saturated rings. The summed E-state index contributed by atoms with van der Waals surface area (Å²) in [5, 5.41) is 0. The van der Waals surface area contributed by atoms with Gasteiger partial charge in [-0.2, -0.15) is 0 Å². The summed E-state index contributed by atoms with van der Waals surface area (Å²) < 4.78 is 5.27. The molecule has 0 saturated carbocycles. The first-order chi connectivity index (χ1) is 4.84. The molecular formula is C8H12NO+. The molecule has 10 heavy (non-hydrogen) atoms. The third-order valence-corrected chi connectivity index (χ3v) is 1.27. The van der Waals surface area contributed by atoms with Crippen molar-refractivity contribution in [2.75, 3.05) is 6.61 Å². The SMILES string of the molecule is CCOc1ccccc1[NH3+]. The van der Waals surface area contributed by atoms with Gasteiger partial charge in [-0.1, -0.05) is 12.1 Å². The van der Waals surface area contributed by atoms with Gasteiger partial charge in [0.25, 0.3) is 0 Å². The van der Waals surface area contributed by atoms with Crippen molar-refractivity contribution < 1.29 is 10.5 Å². The van der Waals surface area contributed by atoms with Crippen molar-refractivity contribution in [3.63, 3.8) is 0 Å². The van der Waals surface area contributed by atoms with Gasteiger partial charge in [0.1, 0.15) is 0 Å². The maximum atomic E-state index is 5.27. The number of para-hydroxylation sites is 1. The summed E-state index contributed by atoms with van der Waals surface area (Å²) in [5.41, 5.74) is 4.76. The molecule has 0 aliphatic rings. The first-order valence-corrected chi connectivity index (χ1v) is 3.38. The van der Waals surface area contributed by atoms with Gasteiger partial charge in [-0.3, -0.25) is 0 Å². The Balaban J connectivity index is 2.81. The lowest BCUT2D eigenvalue weighted by Crippen LogP contribution is -2.40. The molecule has 1 aromatic carbocycles. The van der Waals surface area contributed by atoms with E-state index in [1.807, 2.05) is 31.2 Å². The molecule has 0 bridgehead atoms. The normalized spacial score (nSPS) is 9.40. The Morgan fingerprint density at radius 3 is 2.70 bits per heavy atom. The van der Waals surface area contributed by atoms with Crippen LogP contribution in [0, 0.1) is 0 Å². The molecule has 0 heterocycles. The second-order valence-electron chi connectivity index (χ2n) is 2.04. The van der Waals surface area contributed by atoms with Crippen molar-refractivity contribution in [3.05, 3.63) is 24.3 Å². The van der Waals surface area contributed by atoms with Crippen molar-refractivity contribution in [2.45, 2.75) is 6.92 Å². The minimum Gasteiger partial charge on any atom is -0.488 e. The minimum absolute atomic E-state index is 0.701. The standard InChI is InChI=1S/C8H11NO/c1-2-10-8-6-4-3-5-7(8)9/h3-6H,2,9H2,1H3/p+1. The Morgan fingerprint density at radius 2 is 2.10 bits per heavy atom. The topological polar surface area (TPSA) is 36.9 Å². The van der Waals surface area contributed by atoms with E-state index in [4.69, 9.17) is 4.74 Å². The summed E-state index contributed by atoms with van der Waals surface area (Å²) in [5.74, 6) is 0.880. The molecule has 0 spiro atoms. The summed E-state index contributed by atoms with van der Waals surface area (Å²) in [7, 11) is 0. The van der Waals surface area contributed by atoms with Crippen LogP contribution in [0.25, 0.3) is 0 Å². The first kappa shape index (κ1) is 7.09. The van der Waals surface area contributed by atoms with Crippen LogP contribution in [0.3, 0.4) is 0 Å². The van der Waals surface area contributed by atoms with E-state index in [-0.39, 0.29) is 0 Å². The van der Waals surface area contributed by atoms with E-state index in [2.05, 4.69) is 5.73 Å². The van der Waals surface area contributed by atoms with Gasteiger partial charge >= 0.3 is 0 Å². The minimum atomic E-state index is 0.701. The number of rotatable bonds is 2. The molecule has 0 saturated heterocycles. The van der Waals surface area contributed by atoms with Crippen LogP contribution in [-0.4, -0.2) is 6.61 Å². The molecule has 0 aliphatic carbocycles. The average Bonchev–Trinajstić information content (AvgIpc) is 1.94. The molecule has 3 N–H and O–H groups in total. The zero-order valence-corrected chi connectivity index (χ0v) is 6.13. The molecule has 0 aliphatic heterocycles. The predicted molar refractivity (Wildman–Crippen MR) is 40.2 cm³/mol.